The Labute approximate surface area is 147 Å². The molecule has 0 aromatic heterocycles. The van der Waals surface area contributed by atoms with Crippen LogP contribution in [-0.4, -0.2) is 31.3 Å². The van der Waals surface area contributed by atoms with Gasteiger partial charge in [-0.3, -0.25) is 4.79 Å². The second-order valence-electron chi connectivity index (χ2n) is 6.40. The van der Waals surface area contributed by atoms with Gasteiger partial charge in [0.05, 0.1) is 7.11 Å². The van der Waals surface area contributed by atoms with E-state index in [1.807, 2.05) is 61.7 Å². The third-order valence-corrected chi connectivity index (χ3v) is 4.46. The summed E-state index contributed by atoms with van der Waals surface area (Å²) in [5.74, 6) is 1.32. The van der Waals surface area contributed by atoms with Gasteiger partial charge in [-0.15, -0.1) is 0 Å². The average molecular weight is 338 g/mol. The Hall–Kier alpha value is -2.82. The van der Waals surface area contributed by atoms with E-state index in [1.54, 1.807) is 14.2 Å². The lowest BCUT2D eigenvalue weighted by molar-refractivity contribution is -0.131. The van der Waals surface area contributed by atoms with Gasteiger partial charge in [-0.2, -0.15) is 5.10 Å². The van der Waals surface area contributed by atoms with Gasteiger partial charge in [0.25, 0.3) is 0 Å². The van der Waals surface area contributed by atoms with E-state index in [2.05, 4.69) is 5.10 Å². The summed E-state index contributed by atoms with van der Waals surface area (Å²) in [7, 11) is 3.29. The molecule has 1 aliphatic heterocycles. The van der Waals surface area contributed by atoms with Crippen molar-refractivity contribution in [1.29, 1.82) is 0 Å². The molecule has 1 atom stereocenters. The Morgan fingerprint density at radius 2 is 1.92 bits per heavy atom. The molecule has 0 fully saturated rings. The van der Waals surface area contributed by atoms with Gasteiger partial charge in [-0.05, 0) is 30.2 Å². The first-order valence-electron chi connectivity index (χ1n) is 8.19. The van der Waals surface area contributed by atoms with Crippen LogP contribution < -0.4 is 9.47 Å². The van der Waals surface area contributed by atoms with Crippen molar-refractivity contribution in [1.82, 2.24) is 5.01 Å². The molecule has 130 valence electrons. The van der Waals surface area contributed by atoms with Crippen LogP contribution in [0.4, 0.5) is 0 Å². The third kappa shape index (κ3) is 3.65. The number of hydrogen-bond acceptors (Lipinski definition) is 4. The smallest absolute Gasteiger partial charge is 0.243 e. The maximum Gasteiger partial charge on any atom is 0.243 e. The van der Waals surface area contributed by atoms with E-state index in [0.29, 0.717) is 24.5 Å². The fourth-order valence-electron chi connectivity index (χ4n) is 2.81. The Kier molecular flexibility index (Phi) is 4.74. The maximum atomic E-state index is 12.1. The summed E-state index contributed by atoms with van der Waals surface area (Å²) in [5.41, 5.74) is 1.60. The minimum absolute atomic E-state index is 0.00688. The van der Waals surface area contributed by atoms with E-state index < -0.39 is 5.41 Å². The van der Waals surface area contributed by atoms with Crippen molar-refractivity contribution in [3.63, 3.8) is 0 Å². The lowest BCUT2D eigenvalue weighted by atomic mass is 9.79. The van der Waals surface area contributed by atoms with Crippen LogP contribution in [0.3, 0.4) is 0 Å². The number of hydrogen-bond donors (Lipinski definition) is 0. The molecule has 1 unspecified atom stereocenters. The summed E-state index contributed by atoms with van der Waals surface area (Å²) in [6.07, 6.45) is 2.19. The summed E-state index contributed by atoms with van der Waals surface area (Å²) < 4.78 is 11.4. The number of methoxy groups -OCH3 is 1. The van der Waals surface area contributed by atoms with E-state index in [0.717, 1.165) is 11.1 Å². The maximum absolute atomic E-state index is 12.1. The number of hydrazone groups is 1. The summed E-state index contributed by atoms with van der Waals surface area (Å²) >= 11 is 0. The van der Waals surface area contributed by atoms with Gasteiger partial charge in [0, 0.05) is 25.1 Å². The van der Waals surface area contributed by atoms with Crippen molar-refractivity contribution in [3.05, 3.63) is 59.7 Å². The van der Waals surface area contributed by atoms with Crippen LogP contribution >= 0.6 is 0 Å². The zero-order chi connectivity index (χ0) is 17.9. The number of nitrogens with zero attached hydrogens (tertiary/aromatic N) is 2. The fourth-order valence-corrected chi connectivity index (χ4v) is 2.81. The normalized spacial score (nSPS) is 19.8. The summed E-state index contributed by atoms with van der Waals surface area (Å²) in [4.78, 5) is 12.1. The van der Waals surface area contributed by atoms with Crippen molar-refractivity contribution in [3.8, 4) is 11.5 Å². The van der Waals surface area contributed by atoms with Crippen LogP contribution in [-0.2, 0) is 16.8 Å². The third-order valence-electron chi connectivity index (χ3n) is 4.46. The molecule has 5 nitrogen and oxygen atoms in total. The van der Waals surface area contributed by atoms with Crippen LogP contribution in [0.2, 0.25) is 0 Å². The first kappa shape index (κ1) is 17.0. The highest BCUT2D eigenvalue weighted by Crippen LogP contribution is 2.36. The molecule has 0 saturated heterocycles. The predicted molar refractivity (Wildman–Crippen MR) is 97.0 cm³/mol. The van der Waals surface area contributed by atoms with Gasteiger partial charge in [-0.1, -0.05) is 36.4 Å². The molecule has 5 heteroatoms. The van der Waals surface area contributed by atoms with Gasteiger partial charge in [-0.25, -0.2) is 5.01 Å². The molecule has 3 rings (SSSR count). The highest BCUT2D eigenvalue weighted by atomic mass is 16.5. The molecule has 0 radical (unpaired) electrons. The van der Waals surface area contributed by atoms with Gasteiger partial charge in [0.1, 0.15) is 6.61 Å². The molecule has 0 saturated carbocycles. The van der Waals surface area contributed by atoms with Crippen LogP contribution in [0.15, 0.2) is 53.6 Å². The number of carbonyl (C=O) groups excluding carboxylic acids is 1. The molecule has 1 aliphatic rings. The zero-order valence-electron chi connectivity index (χ0n) is 14.7. The quantitative estimate of drug-likeness (QED) is 0.840. The first-order valence-corrected chi connectivity index (χ1v) is 8.19. The molecule has 2 aromatic carbocycles. The van der Waals surface area contributed by atoms with Crippen molar-refractivity contribution >= 4 is 12.1 Å². The van der Waals surface area contributed by atoms with E-state index in [4.69, 9.17) is 9.47 Å². The van der Waals surface area contributed by atoms with Crippen molar-refractivity contribution in [2.24, 2.45) is 5.10 Å². The zero-order valence-corrected chi connectivity index (χ0v) is 14.7. The number of carbonyl (C=O) groups is 1. The second-order valence-corrected chi connectivity index (χ2v) is 6.40. The minimum atomic E-state index is -0.458. The lowest BCUT2D eigenvalue weighted by Crippen LogP contribution is -2.38. The van der Waals surface area contributed by atoms with Gasteiger partial charge in [0.2, 0.25) is 5.91 Å². The minimum Gasteiger partial charge on any atom is -0.493 e. The monoisotopic (exact) mass is 338 g/mol. The van der Waals surface area contributed by atoms with Crippen LogP contribution in [0.5, 0.6) is 11.5 Å². The average Bonchev–Trinajstić information content (AvgIpc) is 2.64. The lowest BCUT2D eigenvalue weighted by Gasteiger charge is -2.31. The Morgan fingerprint density at radius 1 is 1.16 bits per heavy atom. The second kappa shape index (κ2) is 6.97. The largest absolute Gasteiger partial charge is 0.493 e. The van der Waals surface area contributed by atoms with E-state index >= 15 is 0 Å². The predicted octanol–water partition coefficient (Wildman–Crippen LogP) is 3.38. The van der Waals surface area contributed by atoms with E-state index in [9.17, 15) is 4.79 Å². The molecule has 0 N–H and O–H groups in total. The molecule has 0 aliphatic carbocycles. The number of ether oxygens (including phenoxy) is 2. The standard InChI is InChI=1S/C20H22N2O3/c1-20(12-19(23)22(2)21-14-20)16-9-10-17(24-3)18(11-16)25-13-15-7-5-4-6-8-15/h4-11,14H,12-13H2,1-3H3. The molecular formula is C20H22N2O3. The summed E-state index contributed by atoms with van der Waals surface area (Å²) in [6.45, 7) is 2.46. The van der Waals surface area contributed by atoms with Crippen LogP contribution in [0.25, 0.3) is 0 Å². The van der Waals surface area contributed by atoms with Crippen LogP contribution in [0.1, 0.15) is 24.5 Å². The van der Waals surface area contributed by atoms with Gasteiger partial charge in [0.15, 0.2) is 11.5 Å². The number of benzene rings is 2. The summed E-state index contributed by atoms with van der Waals surface area (Å²) in [5, 5.41) is 5.57. The fraction of sp³-hybridized carbons (Fsp3) is 0.300. The SMILES string of the molecule is COc1ccc(C2(C)C=NN(C)C(=O)C2)cc1OCc1ccccc1. The van der Waals surface area contributed by atoms with Crippen LogP contribution in [0, 0.1) is 0 Å². The van der Waals surface area contributed by atoms with E-state index in [1.165, 1.54) is 5.01 Å². The molecule has 2 aromatic rings. The van der Waals surface area contributed by atoms with Crippen molar-refractivity contribution in [2.75, 3.05) is 14.2 Å². The Balaban J connectivity index is 1.87. The highest BCUT2D eigenvalue weighted by Gasteiger charge is 2.33. The van der Waals surface area contributed by atoms with E-state index in [-0.39, 0.29) is 5.91 Å². The molecule has 0 spiro atoms. The van der Waals surface area contributed by atoms with Crippen molar-refractivity contribution in [2.45, 2.75) is 25.4 Å². The molecule has 1 amide bonds. The molecule has 25 heavy (non-hydrogen) atoms. The van der Waals surface area contributed by atoms with Gasteiger partial charge < -0.3 is 9.47 Å². The molecule has 0 bridgehead atoms. The summed E-state index contributed by atoms with van der Waals surface area (Å²) in [6, 6.07) is 15.7. The topological polar surface area (TPSA) is 51.1 Å². The Morgan fingerprint density at radius 3 is 2.60 bits per heavy atom. The Bertz CT molecular complexity index is 789. The first-order chi connectivity index (χ1) is 12.0. The van der Waals surface area contributed by atoms with Crippen molar-refractivity contribution < 1.29 is 14.3 Å². The number of amides is 1. The molecular weight excluding hydrogens is 316 g/mol. The highest BCUT2D eigenvalue weighted by molar-refractivity contribution is 5.89. The number of rotatable bonds is 5. The van der Waals surface area contributed by atoms with Gasteiger partial charge >= 0.3 is 0 Å². The molecule has 1 heterocycles.